The lowest BCUT2D eigenvalue weighted by atomic mass is 10.1. The largest absolute Gasteiger partial charge is 0.482 e. The molecule has 2 aromatic rings. The molecule has 0 saturated heterocycles. The number of carbonyl (C=O) groups excluding carboxylic acids is 2. The molecular weight excluding hydrogens is 456 g/mol. The maximum Gasteiger partial charge on any atom is 0.310 e. The number of sulfonamides is 1. The van der Waals surface area contributed by atoms with Gasteiger partial charge in [-0.1, -0.05) is 37.1 Å². The van der Waals surface area contributed by atoms with E-state index < -0.39 is 15.9 Å². The zero-order chi connectivity index (χ0) is 23.6. The summed E-state index contributed by atoms with van der Waals surface area (Å²) in [6.45, 7) is 4.07. The number of amides is 1. The van der Waals surface area contributed by atoms with Gasteiger partial charge in [-0.3, -0.25) is 9.59 Å². The lowest BCUT2D eigenvalue weighted by Crippen LogP contribution is -2.24. The number of anilines is 1. The zero-order valence-corrected chi connectivity index (χ0v) is 19.6. The quantitative estimate of drug-likeness (QED) is 0.353. The van der Waals surface area contributed by atoms with Crippen LogP contribution < -0.4 is 14.8 Å². The van der Waals surface area contributed by atoms with E-state index in [0.717, 1.165) is 18.4 Å². The monoisotopic (exact) mass is 482 g/mol. The minimum atomic E-state index is -3.66. The third-order valence-electron chi connectivity index (χ3n) is 4.29. The summed E-state index contributed by atoms with van der Waals surface area (Å²) in [4.78, 5) is 23.7. The van der Waals surface area contributed by atoms with Crippen LogP contribution in [-0.4, -0.2) is 40.1 Å². The topological polar surface area (TPSA) is 111 Å². The predicted octanol–water partition coefficient (Wildman–Crippen LogP) is 3.54. The Balaban J connectivity index is 1.89. The maximum atomic E-state index is 12.3. The first-order chi connectivity index (χ1) is 15.2. The molecule has 0 aliphatic heterocycles. The van der Waals surface area contributed by atoms with E-state index in [9.17, 15) is 18.0 Å². The Morgan fingerprint density at radius 2 is 1.78 bits per heavy atom. The van der Waals surface area contributed by atoms with Crippen molar-refractivity contribution < 1.29 is 27.5 Å². The standard InChI is InChI=1S/C22H27ClN2O6S/c1-3-5-12-24-32(28,29)18-10-11-20(19(23)14-18)31-15-21(26)25-17-8-6-16(7-9-17)13-22(27)30-4-2/h6-11,14,24H,3-5,12-13,15H2,1-2H3,(H,25,26). The van der Waals surface area contributed by atoms with Crippen molar-refractivity contribution in [1.82, 2.24) is 4.72 Å². The molecular formula is C22H27ClN2O6S. The first-order valence-electron chi connectivity index (χ1n) is 10.2. The van der Waals surface area contributed by atoms with Gasteiger partial charge in [0.2, 0.25) is 10.0 Å². The van der Waals surface area contributed by atoms with Crippen molar-refractivity contribution in [1.29, 1.82) is 0 Å². The second-order valence-corrected chi connectivity index (χ2v) is 9.03. The van der Waals surface area contributed by atoms with E-state index in [0.29, 0.717) is 18.8 Å². The number of hydrogen-bond acceptors (Lipinski definition) is 6. The molecule has 0 saturated carbocycles. The first-order valence-corrected chi connectivity index (χ1v) is 12.1. The fourth-order valence-electron chi connectivity index (χ4n) is 2.66. The van der Waals surface area contributed by atoms with Gasteiger partial charge in [0.15, 0.2) is 6.61 Å². The third kappa shape index (κ3) is 8.14. The average Bonchev–Trinajstić information content (AvgIpc) is 2.74. The van der Waals surface area contributed by atoms with Gasteiger partial charge in [0, 0.05) is 12.2 Å². The summed E-state index contributed by atoms with van der Waals surface area (Å²) in [6.07, 6.45) is 1.76. The Hall–Kier alpha value is -2.62. The predicted molar refractivity (Wildman–Crippen MR) is 122 cm³/mol. The van der Waals surface area contributed by atoms with Crippen molar-refractivity contribution in [2.24, 2.45) is 0 Å². The van der Waals surface area contributed by atoms with E-state index in [1.807, 2.05) is 6.92 Å². The molecule has 32 heavy (non-hydrogen) atoms. The van der Waals surface area contributed by atoms with Crippen LogP contribution in [0.4, 0.5) is 5.69 Å². The zero-order valence-electron chi connectivity index (χ0n) is 18.0. The van der Waals surface area contributed by atoms with Crippen LogP contribution in [0, 0.1) is 0 Å². The lowest BCUT2D eigenvalue weighted by Gasteiger charge is -2.11. The van der Waals surface area contributed by atoms with Crippen molar-refractivity contribution in [3.8, 4) is 5.75 Å². The van der Waals surface area contributed by atoms with E-state index in [1.54, 1.807) is 31.2 Å². The van der Waals surface area contributed by atoms with Crippen LogP contribution in [0.3, 0.4) is 0 Å². The summed E-state index contributed by atoms with van der Waals surface area (Å²) in [5.74, 6) is -0.540. The van der Waals surface area contributed by atoms with Crippen LogP contribution >= 0.6 is 11.6 Å². The number of hydrogen-bond donors (Lipinski definition) is 2. The van der Waals surface area contributed by atoms with Gasteiger partial charge in [-0.2, -0.15) is 0 Å². The average molecular weight is 483 g/mol. The number of halogens is 1. The highest BCUT2D eigenvalue weighted by molar-refractivity contribution is 7.89. The van der Waals surface area contributed by atoms with Crippen LogP contribution in [0.25, 0.3) is 0 Å². The van der Waals surface area contributed by atoms with Crippen LogP contribution in [-0.2, 0) is 30.8 Å². The third-order valence-corrected chi connectivity index (χ3v) is 6.04. The van der Waals surface area contributed by atoms with Crippen LogP contribution in [0.5, 0.6) is 5.75 Å². The highest BCUT2D eigenvalue weighted by atomic mass is 35.5. The number of ether oxygens (including phenoxy) is 2. The number of carbonyl (C=O) groups is 2. The van der Waals surface area contributed by atoms with Crippen molar-refractivity contribution in [3.63, 3.8) is 0 Å². The van der Waals surface area contributed by atoms with Gasteiger partial charge in [0.1, 0.15) is 5.75 Å². The molecule has 0 atom stereocenters. The minimum Gasteiger partial charge on any atom is -0.482 e. The van der Waals surface area contributed by atoms with E-state index in [1.165, 1.54) is 18.2 Å². The summed E-state index contributed by atoms with van der Waals surface area (Å²) < 4.78 is 37.3. The molecule has 0 unspecified atom stereocenters. The van der Waals surface area contributed by atoms with Crippen LogP contribution in [0.2, 0.25) is 5.02 Å². The smallest absolute Gasteiger partial charge is 0.310 e. The fraction of sp³-hybridized carbons (Fsp3) is 0.364. The molecule has 0 aliphatic carbocycles. The molecule has 0 fully saturated rings. The molecule has 8 nitrogen and oxygen atoms in total. The fourth-order valence-corrected chi connectivity index (χ4v) is 4.06. The molecule has 2 rings (SSSR count). The Bertz CT molecular complexity index is 1030. The van der Waals surface area contributed by atoms with E-state index in [4.69, 9.17) is 21.1 Å². The van der Waals surface area contributed by atoms with Crippen molar-refractivity contribution >= 4 is 39.2 Å². The molecule has 1 amide bonds. The van der Waals surface area contributed by atoms with Gasteiger partial charge in [-0.15, -0.1) is 0 Å². The molecule has 10 heteroatoms. The van der Waals surface area contributed by atoms with Crippen molar-refractivity contribution in [2.75, 3.05) is 25.1 Å². The normalized spacial score (nSPS) is 11.1. The Morgan fingerprint density at radius 3 is 2.41 bits per heavy atom. The van der Waals surface area contributed by atoms with Crippen molar-refractivity contribution in [2.45, 2.75) is 38.0 Å². The number of rotatable bonds is 12. The SMILES string of the molecule is CCCCNS(=O)(=O)c1ccc(OCC(=O)Nc2ccc(CC(=O)OCC)cc2)c(Cl)c1. The molecule has 2 aromatic carbocycles. The maximum absolute atomic E-state index is 12.3. The van der Waals surface area contributed by atoms with Gasteiger partial charge < -0.3 is 14.8 Å². The molecule has 0 aliphatic rings. The van der Waals surface area contributed by atoms with E-state index >= 15 is 0 Å². The summed E-state index contributed by atoms with van der Waals surface area (Å²) in [5.41, 5.74) is 1.31. The second-order valence-electron chi connectivity index (χ2n) is 6.86. The van der Waals surface area contributed by atoms with Gasteiger partial charge in [-0.05, 0) is 49.2 Å². The molecule has 174 valence electrons. The summed E-state index contributed by atoms with van der Waals surface area (Å²) >= 11 is 6.14. The highest BCUT2D eigenvalue weighted by Gasteiger charge is 2.16. The van der Waals surface area contributed by atoms with Gasteiger partial charge in [0.05, 0.1) is 22.9 Å². The summed E-state index contributed by atoms with van der Waals surface area (Å²) in [6, 6.07) is 10.8. The van der Waals surface area contributed by atoms with Gasteiger partial charge >= 0.3 is 5.97 Å². The van der Waals surface area contributed by atoms with Crippen molar-refractivity contribution in [3.05, 3.63) is 53.1 Å². The molecule has 0 radical (unpaired) electrons. The molecule has 2 N–H and O–H groups in total. The Labute approximate surface area is 193 Å². The lowest BCUT2D eigenvalue weighted by molar-refractivity contribution is -0.142. The molecule has 0 aromatic heterocycles. The number of unbranched alkanes of at least 4 members (excludes halogenated alkanes) is 1. The molecule has 0 spiro atoms. The Morgan fingerprint density at radius 1 is 1.06 bits per heavy atom. The number of nitrogens with one attached hydrogen (secondary N) is 2. The summed E-state index contributed by atoms with van der Waals surface area (Å²) in [5, 5.41) is 2.76. The van der Waals surface area contributed by atoms with E-state index in [2.05, 4.69) is 10.0 Å². The molecule has 0 heterocycles. The Kier molecular flexibility index (Phi) is 9.96. The summed E-state index contributed by atoms with van der Waals surface area (Å²) in [7, 11) is -3.66. The van der Waals surface area contributed by atoms with Gasteiger partial charge in [0.25, 0.3) is 5.91 Å². The second kappa shape index (κ2) is 12.4. The van der Waals surface area contributed by atoms with Crippen LogP contribution in [0.15, 0.2) is 47.4 Å². The first kappa shape index (κ1) is 25.6. The van der Waals surface area contributed by atoms with Gasteiger partial charge in [-0.25, -0.2) is 13.1 Å². The van der Waals surface area contributed by atoms with Crippen LogP contribution in [0.1, 0.15) is 32.3 Å². The number of benzene rings is 2. The number of esters is 1. The van der Waals surface area contributed by atoms with E-state index in [-0.39, 0.29) is 34.7 Å². The molecule has 0 bridgehead atoms. The highest BCUT2D eigenvalue weighted by Crippen LogP contribution is 2.27. The minimum absolute atomic E-state index is 0.0262.